The first-order chi connectivity index (χ1) is 21.6. The number of hydrogen-bond donors (Lipinski definition) is 0. The van der Waals surface area contributed by atoms with Crippen molar-refractivity contribution in [1.29, 1.82) is 0 Å². The van der Waals surface area contributed by atoms with Gasteiger partial charge in [0.25, 0.3) is 5.91 Å². The predicted octanol–water partition coefficient (Wildman–Crippen LogP) is 10.3. The summed E-state index contributed by atoms with van der Waals surface area (Å²) in [6.07, 6.45) is 9.78. The molecular weight excluding hydrogens is 595 g/mol. The zero-order valence-corrected chi connectivity index (χ0v) is 30.2. The number of hydrogen-bond acceptors (Lipinski definition) is 6. The van der Waals surface area contributed by atoms with Crippen LogP contribution in [-0.2, 0) is 15.6 Å². The van der Waals surface area contributed by atoms with Gasteiger partial charge in [0.15, 0.2) is 5.17 Å². The lowest BCUT2D eigenvalue weighted by Crippen LogP contribution is -2.40. The van der Waals surface area contributed by atoms with Crippen LogP contribution in [0.15, 0.2) is 62.3 Å². The second-order valence-corrected chi connectivity index (χ2v) is 15.9. The van der Waals surface area contributed by atoms with E-state index in [4.69, 9.17) is 9.73 Å². The maximum Gasteiger partial charge on any atom is 0.269 e. The van der Waals surface area contributed by atoms with E-state index in [0.717, 1.165) is 65.9 Å². The molecule has 0 unspecified atom stereocenters. The van der Waals surface area contributed by atoms with E-state index < -0.39 is 0 Å². The fraction of sp³-hybridized carbons (Fsp3) is 0.579. The van der Waals surface area contributed by atoms with E-state index >= 15 is 0 Å². The second kappa shape index (κ2) is 14.6. The van der Waals surface area contributed by atoms with Crippen molar-refractivity contribution in [1.82, 2.24) is 4.90 Å². The molecule has 2 fully saturated rings. The van der Waals surface area contributed by atoms with Gasteiger partial charge in [0.05, 0.1) is 12.3 Å². The van der Waals surface area contributed by atoms with Crippen molar-refractivity contribution in [2.24, 2.45) is 4.99 Å². The predicted molar refractivity (Wildman–Crippen MR) is 194 cm³/mol. The molecule has 2 aromatic rings. The quantitative estimate of drug-likeness (QED) is 0.169. The van der Waals surface area contributed by atoms with Gasteiger partial charge in [-0.3, -0.25) is 14.7 Å². The summed E-state index contributed by atoms with van der Waals surface area (Å²) in [6.45, 7) is 18.2. The highest BCUT2D eigenvalue weighted by Gasteiger charge is 2.42. The van der Waals surface area contributed by atoms with Crippen molar-refractivity contribution in [3.63, 3.8) is 0 Å². The van der Waals surface area contributed by atoms with Gasteiger partial charge >= 0.3 is 0 Å². The molecule has 0 N–H and O–H groups in total. The Morgan fingerprint density at radius 2 is 1.64 bits per heavy atom. The third-order valence-electron chi connectivity index (χ3n) is 10.2. The number of anilines is 1. The lowest BCUT2D eigenvalue weighted by atomic mass is 9.76. The van der Waals surface area contributed by atoms with Crippen molar-refractivity contribution in [3.05, 3.63) is 63.5 Å². The fourth-order valence-electron chi connectivity index (χ4n) is 6.37. The maximum atomic E-state index is 14.1. The van der Waals surface area contributed by atoms with Crippen LogP contribution in [0.25, 0.3) is 0 Å². The number of unbranched alkanes of at least 4 members (excludes halogenated alkanes) is 1. The minimum absolute atomic E-state index is 0.0501. The molecule has 0 bridgehead atoms. The molecular formula is C38H53N3O2S2. The van der Waals surface area contributed by atoms with E-state index in [2.05, 4.69) is 101 Å². The average Bonchev–Trinajstić information content (AvgIpc) is 3.59. The lowest BCUT2D eigenvalue weighted by Gasteiger charge is -2.30. The summed E-state index contributed by atoms with van der Waals surface area (Å²) < 4.78 is 6.44. The van der Waals surface area contributed by atoms with Gasteiger partial charge in [-0.2, -0.15) is 0 Å². The Labute approximate surface area is 280 Å². The van der Waals surface area contributed by atoms with E-state index in [9.17, 15) is 4.79 Å². The van der Waals surface area contributed by atoms with E-state index in [0.29, 0.717) is 13.2 Å². The van der Waals surface area contributed by atoms with Gasteiger partial charge in [-0.1, -0.05) is 96.8 Å². The standard InChI is InChI=1S/C38H53N3O2S2/c1-8-37(4,5)27-22-23-31(29(26-27)38(6,7)9-2)43-25-17-16-24-39-36-41(28-18-12-11-13-19-28)34(42)33(45-36)35-40(10-3)30-20-14-15-21-32(30)44-35/h14-15,20-23,26,28H,8-13,16-19,24-25H2,1-7H3. The van der Waals surface area contributed by atoms with Gasteiger partial charge in [-0.05, 0) is 91.8 Å². The molecule has 5 nitrogen and oxygen atoms in total. The average molecular weight is 648 g/mol. The van der Waals surface area contributed by atoms with Crippen molar-refractivity contribution in [3.8, 4) is 5.75 Å². The van der Waals surface area contributed by atoms with E-state index in [1.807, 2.05) is 0 Å². The third-order valence-corrected chi connectivity index (χ3v) is 12.6. The number of benzene rings is 2. The topological polar surface area (TPSA) is 45.1 Å². The van der Waals surface area contributed by atoms with Crippen molar-refractivity contribution in [2.75, 3.05) is 24.6 Å². The zero-order valence-electron chi connectivity index (χ0n) is 28.6. The molecule has 0 spiro atoms. The Morgan fingerprint density at radius 1 is 0.911 bits per heavy atom. The Hall–Kier alpha value is -2.38. The number of fused-ring (bicyclic) bond motifs is 1. The molecule has 7 heteroatoms. The number of thioether (sulfide) groups is 2. The number of para-hydroxylation sites is 1. The summed E-state index contributed by atoms with van der Waals surface area (Å²) in [5.41, 5.74) is 4.08. The number of nitrogens with zero attached hydrogens (tertiary/aromatic N) is 3. The highest BCUT2D eigenvalue weighted by atomic mass is 32.2. The van der Waals surface area contributed by atoms with Gasteiger partial charge in [0.1, 0.15) is 15.7 Å². The van der Waals surface area contributed by atoms with Crippen LogP contribution in [0.5, 0.6) is 5.75 Å². The summed E-state index contributed by atoms with van der Waals surface area (Å²) in [6, 6.07) is 15.6. The number of aliphatic imine (C=N–C) groups is 1. The Kier molecular flexibility index (Phi) is 11.0. The molecule has 1 saturated carbocycles. The molecule has 0 aromatic heterocycles. The molecule has 0 atom stereocenters. The van der Waals surface area contributed by atoms with Gasteiger partial charge in [-0.15, -0.1) is 0 Å². The number of amides is 1. The summed E-state index contributed by atoms with van der Waals surface area (Å²) >= 11 is 3.32. The normalized spacial score (nSPS) is 20.4. The first kappa shape index (κ1) is 34.0. The molecule has 45 heavy (non-hydrogen) atoms. The Morgan fingerprint density at radius 3 is 2.36 bits per heavy atom. The van der Waals surface area contributed by atoms with Crippen molar-refractivity contribution < 1.29 is 9.53 Å². The molecule has 244 valence electrons. The van der Waals surface area contributed by atoms with E-state index in [1.165, 1.54) is 41.0 Å². The minimum Gasteiger partial charge on any atom is -0.493 e. The largest absolute Gasteiger partial charge is 0.493 e. The fourth-order valence-corrected chi connectivity index (χ4v) is 8.83. The van der Waals surface area contributed by atoms with E-state index in [-0.39, 0.29) is 22.8 Å². The smallest absolute Gasteiger partial charge is 0.269 e. The zero-order chi connectivity index (χ0) is 32.2. The number of carbonyl (C=O) groups is 1. The minimum atomic E-state index is 0.0501. The van der Waals surface area contributed by atoms with Crippen LogP contribution >= 0.6 is 23.5 Å². The molecule has 5 rings (SSSR count). The molecule has 1 saturated heterocycles. The molecule has 2 aromatic carbocycles. The monoisotopic (exact) mass is 647 g/mol. The highest BCUT2D eigenvalue weighted by Crippen LogP contribution is 2.51. The van der Waals surface area contributed by atoms with Gasteiger partial charge in [0, 0.05) is 29.6 Å². The summed E-state index contributed by atoms with van der Waals surface area (Å²) in [5.74, 6) is 1.15. The SMILES string of the molecule is CCN1C(=C2SC(=NCCCCOc3ccc(C(C)(C)CC)cc3C(C)(C)CC)N(C3CCCCC3)C2=O)Sc2ccccc21. The van der Waals surface area contributed by atoms with Gasteiger partial charge in [0.2, 0.25) is 0 Å². The Bertz CT molecular complexity index is 1420. The van der Waals surface area contributed by atoms with Crippen LogP contribution in [0.4, 0.5) is 5.69 Å². The van der Waals surface area contributed by atoms with Gasteiger partial charge < -0.3 is 9.64 Å². The van der Waals surface area contributed by atoms with Crippen LogP contribution in [0, 0.1) is 0 Å². The van der Waals surface area contributed by atoms with Crippen LogP contribution in [0.2, 0.25) is 0 Å². The first-order valence-electron chi connectivity index (χ1n) is 17.2. The molecule has 2 heterocycles. The van der Waals surface area contributed by atoms with Crippen LogP contribution < -0.4 is 9.64 Å². The van der Waals surface area contributed by atoms with E-state index in [1.54, 1.807) is 23.5 Å². The van der Waals surface area contributed by atoms with Crippen molar-refractivity contribution in [2.45, 2.75) is 128 Å². The van der Waals surface area contributed by atoms with Crippen molar-refractivity contribution >= 4 is 40.3 Å². The van der Waals surface area contributed by atoms with Gasteiger partial charge in [-0.25, -0.2) is 0 Å². The lowest BCUT2D eigenvalue weighted by molar-refractivity contribution is -0.124. The number of rotatable bonds is 12. The summed E-state index contributed by atoms with van der Waals surface area (Å²) in [4.78, 5) is 25.5. The third kappa shape index (κ3) is 7.30. The molecule has 1 aliphatic carbocycles. The summed E-state index contributed by atoms with van der Waals surface area (Å²) in [5, 5.41) is 1.95. The number of amidine groups is 1. The van der Waals surface area contributed by atoms with Crippen LogP contribution in [0.1, 0.15) is 117 Å². The van der Waals surface area contributed by atoms with Crippen LogP contribution in [-0.4, -0.2) is 41.7 Å². The first-order valence-corrected chi connectivity index (χ1v) is 18.9. The highest BCUT2D eigenvalue weighted by molar-refractivity contribution is 8.19. The second-order valence-electron chi connectivity index (χ2n) is 13.9. The Balaban J connectivity index is 1.27. The molecule has 2 aliphatic heterocycles. The summed E-state index contributed by atoms with van der Waals surface area (Å²) in [7, 11) is 0. The molecule has 3 aliphatic rings. The van der Waals surface area contributed by atoms with Crippen LogP contribution in [0.3, 0.4) is 0 Å². The molecule has 0 radical (unpaired) electrons. The number of ether oxygens (including phenoxy) is 1. The maximum absolute atomic E-state index is 14.1. The molecule has 1 amide bonds. The number of carbonyl (C=O) groups excluding carboxylic acids is 1.